The van der Waals surface area contributed by atoms with Gasteiger partial charge in [-0.2, -0.15) is 0 Å². The molecule has 1 nitrogen and oxygen atoms in total. The Morgan fingerprint density at radius 2 is 2.00 bits per heavy atom. The molecule has 60 valence electrons. The maximum Gasteiger partial charge on any atom is 0.150 e. The lowest BCUT2D eigenvalue weighted by atomic mass is 10.0. The van der Waals surface area contributed by atoms with Gasteiger partial charge in [-0.25, -0.2) is 8.78 Å². The first kappa shape index (κ1) is 8.40. The second-order valence-corrected chi connectivity index (χ2v) is 2.55. The first-order valence-electron chi connectivity index (χ1n) is 3.05. The van der Waals surface area contributed by atoms with E-state index in [4.69, 9.17) is 11.6 Å². The number of halogens is 3. The summed E-state index contributed by atoms with van der Waals surface area (Å²) in [5.41, 5.74) is -0.0589. The summed E-state index contributed by atoms with van der Waals surface area (Å²) in [5.74, 6) is -1.61. The molecule has 0 amide bonds. The summed E-state index contributed by atoms with van der Waals surface area (Å²) in [6, 6.07) is 0. The van der Waals surface area contributed by atoms with Crippen molar-refractivity contribution in [1.29, 1.82) is 0 Å². The molecular formula is C7H5ClF2O. The Kier molecular flexibility index (Phi) is 2.39. The van der Waals surface area contributed by atoms with Gasteiger partial charge in [0.25, 0.3) is 0 Å². The Morgan fingerprint density at radius 3 is 2.55 bits per heavy atom. The zero-order chi connectivity index (χ0) is 8.43. The van der Waals surface area contributed by atoms with Gasteiger partial charge in [-0.3, -0.25) is 4.79 Å². The van der Waals surface area contributed by atoms with Crippen molar-refractivity contribution in [2.45, 2.75) is 12.8 Å². The van der Waals surface area contributed by atoms with Crippen LogP contribution in [0.25, 0.3) is 0 Å². The second-order valence-electron chi connectivity index (χ2n) is 2.18. The van der Waals surface area contributed by atoms with E-state index in [-0.39, 0.29) is 18.4 Å². The number of aldehydes is 1. The zero-order valence-electron chi connectivity index (χ0n) is 5.53. The molecule has 0 aromatic carbocycles. The van der Waals surface area contributed by atoms with Crippen LogP contribution in [0.15, 0.2) is 22.3 Å². The molecule has 1 aliphatic carbocycles. The molecule has 0 bridgehead atoms. The van der Waals surface area contributed by atoms with E-state index < -0.39 is 16.7 Å². The van der Waals surface area contributed by atoms with Crippen molar-refractivity contribution in [3.63, 3.8) is 0 Å². The number of allylic oxidation sites excluding steroid dienone is 4. The molecule has 4 heteroatoms. The van der Waals surface area contributed by atoms with Gasteiger partial charge in [0.05, 0.1) is 0 Å². The van der Waals surface area contributed by atoms with Crippen molar-refractivity contribution in [1.82, 2.24) is 0 Å². The van der Waals surface area contributed by atoms with Crippen molar-refractivity contribution in [3.05, 3.63) is 22.3 Å². The summed E-state index contributed by atoms with van der Waals surface area (Å²) in [4.78, 5) is 10.1. The van der Waals surface area contributed by atoms with E-state index in [9.17, 15) is 13.6 Å². The van der Waals surface area contributed by atoms with E-state index in [2.05, 4.69) is 0 Å². The third-order valence-electron chi connectivity index (χ3n) is 1.47. The van der Waals surface area contributed by atoms with Crippen molar-refractivity contribution in [2.24, 2.45) is 0 Å². The van der Waals surface area contributed by atoms with Crippen LogP contribution in [0.3, 0.4) is 0 Å². The number of carbonyl (C=O) groups is 1. The predicted octanol–water partition coefficient (Wildman–Crippen LogP) is 2.62. The Balaban J connectivity index is 3.07. The maximum absolute atomic E-state index is 12.7. The van der Waals surface area contributed by atoms with Gasteiger partial charge in [0.2, 0.25) is 0 Å². The van der Waals surface area contributed by atoms with Crippen LogP contribution in [0, 0.1) is 0 Å². The van der Waals surface area contributed by atoms with Gasteiger partial charge in [-0.15, -0.1) is 0 Å². The highest BCUT2D eigenvalue weighted by Gasteiger charge is 2.19. The van der Waals surface area contributed by atoms with Gasteiger partial charge < -0.3 is 0 Å². The van der Waals surface area contributed by atoms with Crippen LogP contribution in [0.1, 0.15) is 12.8 Å². The minimum absolute atomic E-state index is 0.0142. The van der Waals surface area contributed by atoms with Crippen molar-refractivity contribution >= 4 is 17.9 Å². The number of carbonyl (C=O) groups excluding carboxylic acids is 1. The van der Waals surface area contributed by atoms with Crippen LogP contribution in [-0.4, -0.2) is 6.29 Å². The first-order valence-corrected chi connectivity index (χ1v) is 3.43. The molecular weight excluding hydrogens is 174 g/mol. The van der Waals surface area contributed by atoms with Gasteiger partial charge in [0.15, 0.2) is 5.83 Å². The summed E-state index contributed by atoms with van der Waals surface area (Å²) in [6.45, 7) is 0. The van der Waals surface area contributed by atoms with E-state index in [0.717, 1.165) is 0 Å². The Hall–Kier alpha value is -0.700. The fraction of sp³-hybridized carbons (Fsp3) is 0.286. The quantitative estimate of drug-likeness (QED) is 0.564. The normalized spacial score (nSPS) is 19.2. The molecule has 0 heterocycles. The van der Waals surface area contributed by atoms with Crippen LogP contribution < -0.4 is 0 Å². The van der Waals surface area contributed by atoms with E-state index in [1.807, 2.05) is 0 Å². The van der Waals surface area contributed by atoms with E-state index in [1.165, 1.54) is 0 Å². The molecule has 0 spiro atoms. The average Bonchev–Trinajstić information content (AvgIpc) is 2.01. The zero-order valence-corrected chi connectivity index (χ0v) is 6.29. The standard InChI is InChI=1S/C7H5ClF2O/c8-6-5(9)2-1-4(3-11)7(6)10/h3H,1-2H2. The lowest BCUT2D eigenvalue weighted by Crippen LogP contribution is -1.98. The second kappa shape index (κ2) is 3.13. The van der Waals surface area contributed by atoms with E-state index in [1.54, 1.807) is 0 Å². The van der Waals surface area contributed by atoms with Gasteiger partial charge in [0, 0.05) is 12.0 Å². The highest BCUT2D eigenvalue weighted by Crippen LogP contribution is 2.33. The summed E-state index contributed by atoms with van der Waals surface area (Å²) in [6.07, 6.45) is 0.474. The van der Waals surface area contributed by atoms with E-state index in [0.29, 0.717) is 6.29 Å². The van der Waals surface area contributed by atoms with Crippen molar-refractivity contribution in [3.8, 4) is 0 Å². The van der Waals surface area contributed by atoms with Gasteiger partial charge in [-0.05, 0) is 6.42 Å². The molecule has 0 fully saturated rings. The maximum atomic E-state index is 12.7. The van der Waals surface area contributed by atoms with Gasteiger partial charge in [0.1, 0.15) is 17.1 Å². The number of hydrogen-bond acceptors (Lipinski definition) is 1. The van der Waals surface area contributed by atoms with Gasteiger partial charge in [-0.1, -0.05) is 11.6 Å². The molecule has 0 radical (unpaired) electrons. The van der Waals surface area contributed by atoms with Crippen molar-refractivity contribution < 1.29 is 13.6 Å². The molecule has 0 N–H and O–H groups in total. The Bertz CT molecular complexity index is 255. The fourth-order valence-corrected chi connectivity index (χ4v) is 1.05. The highest BCUT2D eigenvalue weighted by molar-refractivity contribution is 6.32. The molecule has 0 saturated heterocycles. The Labute approximate surface area is 67.3 Å². The summed E-state index contributed by atoms with van der Waals surface area (Å²) < 4.78 is 25.2. The summed E-state index contributed by atoms with van der Waals surface area (Å²) in [5, 5.41) is -0.557. The SMILES string of the molecule is O=CC1=C(F)C(Cl)=C(F)CC1. The fourth-order valence-electron chi connectivity index (χ4n) is 0.835. The van der Waals surface area contributed by atoms with Crippen molar-refractivity contribution in [2.75, 3.05) is 0 Å². The average molecular weight is 179 g/mol. The summed E-state index contributed by atoms with van der Waals surface area (Å²) >= 11 is 5.20. The largest absolute Gasteiger partial charge is 0.298 e. The molecule has 0 aromatic rings. The third-order valence-corrected chi connectivity index (χ3v) is 1.84. The van der Waals surface area contributed by atoms with Gasteiger partial charge >= 0.3 is 0 Å². The van der Waals surface area contributed by atoms with Crippen LogP contribution in [-0.2, 0) is 4.79 Å². The molecule has 1 aliphatic rings. The third kappa shape index (κ3) is 1.48. The Morgan fingerprint density at radius 1 is 1.36 bits per heavy atom. The van der Waals surface area contributed by atoms with Crippen LogP contribution >= 0.6 is 11.6 Å². The molecule has 0 aromatic heterocycles. The molecule has 0 aliphatic heterocycles. The van der Waals surface area contributed by atoms with E-state index >= 15 is 0 Å². The van der Waals surface area contributed by atoms with Crippen LogP contribution in [0.4, 0.5) is 8.78 Å². The highest BCUT2D eigenvalue weighted by atomic mass is 35.5. The summed E-state index contributed by atoms with van der Waals surface area (Å²) in [7, 11) is 0. The number of hydrogen-bond donors (Lipinski definition) is 0. The molecule has 0 saturated carbocycles. The lowest BCUT2D eigenvalue weighted by Gasteiger charge is -2.08. The van der Waals surface area contributed by atoms with Crippen LogP contribution in [0.5, 0.6) is 0 Å². The molecule has 0 atom stereocenters. The minimum Gasteiger partial charge on any atom is -0.298 e. The molecule has 11 heavy (non-hydrogen) atoms. The van der Waals surface area contributed by atoms with Crippen LogP contribution in [0.2, 0.25) is 0 Å². The minimum atomic E-state index is -0.926. The number of rotatable bonds is 1. The molecule has 0 unspecified atom stereocenters. The topological polar surface area (TPSA) is 17.1 Å². The smallest absolute Gasteiger partial charge is 0.150 e. The predicted molar refractivity (Wildman–Crippen MR) is 37.4 cm³/mol. The molecule has 1 rings (SSSR count). The lowest BCUT2D eigenvalue weighted by molar-refractivity contribution is -0.105. The monoisotopic (exact) mass is 178 g/mol. The first-order chi connectivity index (χ1) is 5.16.